The molecule has 1 amide bonds. The average molecular weight is 292 g/mol. The van der Waals surface area contributed by atoms with Gasteiger partial charge < -0.3 is 15.4 Å². The van der Waals surface area contributed by atoms with E-state index in [2.05, 4.69) is 16.3 Å². The van der Waals surface area contributed by atoms with Gasteiger partial charge in [0.15, 0.2) is 0 Å². The number of ether oxygens (including phenoxy) is 1. The smallest absolute Gasteiger partial charge is 0.230 e. The monoisotopic (exact) mass is 292 g/mol. The van der Waals surface area contributed by atoms with Crippen molar-refractivity contribution < 1.29 is 9.53 Å². The number of amides is 1. The van der Waals surface area contributed by atoms with Crippen LogP contribution in [0.3, 0.4) is 0 Å². The highest BCUT2D eigenvalue weighted by atomic mass is 32.1. The van der Waals surface area contributed by atoms with E-state index in [1.807, 2.05) is 11.3 Å². The number of carbonyl (C=O) groups excluding carboxylic acids is 1. The van der Waals surface area contributed by atoms with Gasteiger partial charge in [0.25, 0.3) is 0 Å². The van der Waals surface area contributed by atoms with E-state index < -0.39 is 0 Å². The highest BCUT2D eigenvalue weighted by Gasteiger charge is 2.45. The third-order valence-corrected chi connectivity index (χ3v) is 5.80. The lowest BCUT2D eigenvalue weighted by atomic mass is 9.93. The van der Waals surface area contributed by atoms with Gasteiger partial charge in [-0.2, -0.15) is 0 Å². The standard InChI is InChI=1S/C15H20N2O2S/c16-12-8-19-7-11(12)15(18)17-5-3-13-10(4-6-20-13)14(17)9-1-2-9/h4,6,9,11-12,14H,1-3,5,7-8,16H2. The van der Waals surface area contributed by atoms with E-state index in [-0.39, 0.29) is 17.9 Å². The van der Waals surface area contributed by atoms with Gasteiger partial charge in [0.1, 0.15) is 0 Å². The lowest BCUT2D eigenvalue weighted by molar-refractivity contribution is -0.139. The van der Waals surface area contributed by atoms with Crippen molar-refractivity contribution in [2.45, 2.75) is 31.3 Å². The van der Waals surface area contributed by atoms with Crippen LogP contribution in [0.1, 0.15) is 29.3 Å². The van der Waals surface area contributed by atoms with Gasteiger partial charge in [-0.05, 0) is 42.2 Å². The Morgan fingerprint density at radius 2 is 2.25 bits per heavy atom. The van der Waals surface area contributed by atoms with Crippen molar-refractivity contribution in [3.8, 4) is 0 Å². The van der Waals surface area contributed by atoms with Crippen molar-refractivity contribution >= 4 is 17.2 Å². The molecule has 3 atom stereocenters. The maximum Gasteiger partial charge on any atom is 0.230 e. The molecule has 2 N–H and O–H groups in total. The molecule has 0 bridgehead atoms. The van der Waals surface area contributed by atoms with E-state index in [9.17, 15) is 4.79 Å². The van der Waals surface area contributed by atoms with E-state index >= 15 is 0 Å². The number of nitrogens with zero attached hydrogens (tertiary/aromatic N) is 1. The molecule has 0 spiro atoms. The summed E-state index contributed by atoms with van der Waals surface area (Å²) < 4.78 is 5.38. The summed E-state index contributed by atoms with van der Waals surface area (Å²) in [5, 5.41) is 2.17. The summed E-state index contributed by atoms with van der Waals surface area (Å²) in [4.78, 5) is 16.4. The fourth-order valence-corrected chi connectivity index (χ4v) is 4.47. The van der Waals surface area contributed by atoms with Gasteiger partial charge >= 0.3 is 0 Å². The molecule has 4 nitrogen and oxygen atoms in total. The van der Waals surface area contributed by atoms with E-state index in [1.165, 1.54) is 23.3 Å². The molecule has 3 unspecified atom stereocenters. The third kappa shape index (κ3) is 2.00. The zero-order valence-electron chi connectivity index (χ0n) is 11.5. The Hall–Kier alpha value is -0.910. The number of thiophene rings is 1. The quantitative estimate of drug-likeness (QED) is 0.900. The lowest BCUT2D eigenvalue weighted by Crippen LogP contribution is -2.47. The van der Waals surface area contributed by atoms with Crippen LogP contribution < -0.4 is 5.73 Å². The Bertz CT molecular complexity index is 526. The zero-order chi connectivity index (χ0) is 13.7. The molecule has 1 saturated heterocycles. The molecule has 0 aromatic carbocycles. The number of nitrogens with two attached hydrogens (primary N) is 1. The summed E-state index contributed by atoms with van der Waals surface area (Å²) in [5.74, 6) is 0.728. The molecule has 2 fully saturated rings. The predicted molar refractivity (Wildman–Crippen MR) is 77.5 cm³/mol. The summed E-state index contributed by atoms with van der Waals surface area (Å²) >= 11 is 1.83. The summed E-state index contributed by atoms with van der Waals surface area (Å²) in [6.45, 7) is 1.85. The highest BCUT2D eigenvalue weighted by molar-refractivity contribution is 7.10. The maximum atomic E-state index is 12.9. The molecule has 1 saturated carbocycles. The molecule has 1 aliphatic carbocycles. The molecule has 3 aliphatic rings. The first kappa shape index (κ1) is 12.8. The minimum atomic E-state index is -0.142. The minimum Gasteiger partial charge on any atom is -0.379 e. The Labute approximate surface area is 122 Å². The highest BCUT2D eigenvalue weighted by Crippen LogP contribution is 2.48. The van der Waals surface area contributed by atoms with Crippen molar-refractivity contribution in [3.05, 3.63) is 21.9 Å². The SMILES string of the molecule is NC1COCC1C(=O)N1CCc2sccc2C1C1CC1. The van der Waals surface area contributed by atoms with Gasteiger partial charge in [0, 0.05) is 17.5 Å². The first-order valence-corrected chi connectivity index (χ1v) is 8.33. The van der Waals surface area contributed by atoms with Crippen LogP contribution in [0.5, 0.6) is 0 Å². The Morgan fingerprint density at radius 1 is 1.40 bits per heavy atom. The van der Waals surface area contributed by atoms with Crippen LogP contribution in [0.25, 0.3) is 0 Å². The van der Waals surface area contributed by atoms with Crippen LogP contribution in [0.4, 0.5) is 0 Å². The number of carbonyl (C=O) groups is 1. The van der Waals surface area contributed by atoms with Gasteiger partial charge in [-0.15, -0.1) is 11.3 Å². The second-order valence-electron chi connectivity index (χ2n) is 6.17. The maximum absolute atomic E-state index is 12.9. The van der Waals surface area contributed by atoms with Crippen molar-refractivity contribution in [1.29, 1.82) is 0 Å². The van der Waals surface area contributed by atoms with E-state index in [4.69, 9.17) is 10.5 Å². The zero-order valence-corrected chi connectivity index (χ0v) is 12.3. The molecule has 5 heteroatoms. The lowest BCUT2D eigenvalue weighted by Gasteiger charge is -2.38. The van der Waals surface area contributed by atoms with Gasteiger partial charge in [0.2, 0.25) is 5.91 Å². The minimum absolute atomic E-state index is 0.133. The summed E-state index contributed by atoms with van der Waals surface area (Å²) in [7, 11) is 0. The number of hydrogen-bond donors (Lipinski definition) is 1. The topological polar surface area (TPSA) is 55.6 Å². The molecule has 1 aromatic rings. The van der Waals surface area contributed by atoms with Crippen LogP contribution in [0.2, 0.25) is 0 Å². The second-order valence-corrected chi connectivity index (χ2v) is 7.17. The number of rotatable bonds is 2. The largest absolute Gasteiger partial charge is 0.379 e. The van der Waals surface area contributed by atoms with Crippen molar-refractivity contribution in [3.63, 3.8) is 0 Å². The van der Waals surface area contributed by atoms with Gasteiger partial charge in [-0.25, -0.2) is 0 Å². The van der Waals surface area contributed by atoms with Crippen LogP contribution >= 0.6 is 11.3 Å². The van der Waals surface area contributed by atoms with E-state index in [0.29, 0.717) is 25.2 Å². The second kappa shape index (κ2) is 4.83. The Morgan fingerprint density at radius 3 is 2.95 bits per heavy atom. The number of fused-ring (bicyclic) bond motifs is 1. The summed E-state index contributed by atoms with van der Waals surface area (Å²) in [5.41, 5.74) is 7.42. The first-order chi connectivity index (χ1) is 9.75. The normalized spacial score (nSPS) is 33.2. The fraction of sp³-hybridized carbons (Fsp3) is 0.667. The molecule has 20 heavy (non-hydrogen) atoms. The molecular formula is C15H20N2O2S. The van der Waals surface area contributed by atoms with Crippen molar-refractivity contribution in [1.82, 2.24) is 4.90 Å². The van der Waals surface area contributed by atoms with Gasteiger partial charge in [0.05, 0.1) is 25.2 Å². The molecule has 3 heterocycles. The Kier molecular flexibility index (Phi) is 3.09. The first-order valence-electron chi connectivity index (χ1n) is 7.46. The molecule has 4 rings (SSSR count). The summed E-state index contributed by atoms with van der Waals surface area (Å²) in [6.07, 6.45) is 3.48. The summed E-state index contributed by atoms with van der Waals surface area (Å²) in [6, 6.07) is 2.38. The van der Waals surface area contributed by atoms with Crippen LogP contribution in [0.15, 0.2) is 11.4 Å². The molecular weight excluding hydrogens is 272 g/mol. The van der Waals surface area contributed by atoms with Crippen molar-refractivity contribution in [2.24, 2.45) is 17.6 Å². The average Bonchev–Trinajstić information content (AvgIpc) is 3.01. The predicted octanol–water partition coefficient (Wildman–Crippen LogP) is 1.56. The van der Waals surface area contributed by atoms with Crippen LogP contribution in [0, 0.1) is 11.8 Å². The van der Waals surface area contributed by atoms with Gasteiger partial charge in [-0.1, -0.05) is 0 Å². The Balaban J connectivity index is 1.62. The van der Waals surface area contributed by atoms with Crippen LogP contribution in [-0.4, -0.2) is 36.6 Å². The van der Waals surface area contributed by atoms with Gasteiger partial charge in [-0.3, -0.25) is 4.79 Å². The van der Waals surface area contributed by atoms with E-state index in [0.717, 1.165) is 13.0 Å². The molecule has 1 aromatic heterocycles. The van der Waals surface area contributed by atoms with Crippen molar-refractivity contribution in [2.75, 3.05) is 19.8 Å². The van der Waals surface area contributed by atoms with E-state index in [1.54, 1.807) is 0 Å². The molecule has 2 aliphatic heterocycles. The fourth-order valence-electron chi connectivity index (χ4n) is 3.55. The molecule has 0 radical (unpaired) electrons. The third-order valence-electron chi connectivity index (χ3n) is 4.81. The van der Waals surface area contributed by atoms with Crippen LogP contribution in [-0.2, 0) is 16.0 Å². The number of hydrogen-bond acceptors (Lipinski definition) is 4. The molecule has 108 valence electrons.